The van der Waals surface area contributed by atoms with E-state index in [2.05, 4.69) is 46.7 Å². The molecule has 0 aromatic heterocycles. The highest BCUT2D eigenvalue weighted by molar-refractivity contribution is 6.04. The summed E-state index contributed by atoms with van der Waals surface area (Å²) in [6.45, 7) is 5.21. The molecular formula is C29H33N3O2. The van der Waals surface area contributed by atoms with Gasteiger partial charge in [-0.3, -0.25) is 14.5 Å². The molecular weight excluding hydrogens is 422 g/mol. The van der Waals surface area contributed by atoms with E-state index in [0.29, 0.717) is 17.8 Å². The van der Waals surface area contributed by atoms with Crippen LogP contribution in [0.1, 0.15) is 39.9 Å². The zero-order valence-corrected chi connectivity index (χ0v) is 19.8. The van der Waals surface area contributed by atoms with Gasteiger partial charge in [0.1, 0.15) is 0 Å². The van der Waals surface area contributed by atoms with Crippen molar-refractivity contribution < 1.29 is 9.59 Å². The first kappa shape index (κ1) is 23.7. The van der Waals surface area contributed by atoms with Crippen LogP contribution in [-0.4, -0.2) is 36.3 Å². The summed E-state index contributed by atoms with van der Waals surface area (Å²) in [4.78, 5) is 28.3. The van der Waals surface area contributed by atoms with Crippen LogP contribution < -0.4 is 10.6 Å². The summed E-state index contributed by atoms with van der Waals surface area (Å²) in [5, 5.41) is 6.02. The predicted molar refractivity (Wildman–Crippen MR) is 137 cm³/mol. The highest BCUT2D eigenvalue weighted by atomic mass is 16.2. The topological polar surface area (TPSA) is 61.4 Å². The molecule has 176 valence electrons. The highest BCUT2D eigenvalue weighted by Gasteiger charge is 2.26. The Balaban J connectivity index is 1.33. The normalized spacial score (nSPS) is 16.1. The summed E-state index contributed by atoms with van der Waals surface area (Å²) < 4.78 is 0. The van der Waals surface area contributed by atoms with Crippen LogP contribution in [0.4, 0.5) is 5.69 Å². The highest BCUT2D eigenvalue weighted by Crippen LogP contribution is 2.22. The molecule has 34 heavy (non-hydrogen) atoms. The molecule has 1 saturated heterocycles. The third-order valence-electron chi connectivity index (χ3n) is 6.37. The molecule has 1 aliphatic rings. The number of nitrogens with one attached hydrogen (secondary N) is 2. The molecule has 5 heteroatoms. The molecule has 0 saturated carbocycles. The minimum absolute atomic E-state index is 0.0156. The average molecular weight is 456 g/mol. The molecule has 2 N–H and O–H groups in total. The third kappa shape index (κ3) is 6.55. The van der Waals surface area contributed by atoms with Crippen molar-refractivity contribution in [1.82, 2.24) is 10.2 Å². The first-order valence-electron chi connectivity index (χ1n) is 12.1. The number of nitrogens with zero attached hydrogens (tertiary/aromatic N) is 1. The largest absolute Gasteiger partial charge is 0.352 e. The minimum Gasteiger partial charge on any atom is -0.352 e. The van der Waals surface area contributed by atoms with Gasteiger partial charge in [-0.15, -0.1) is 0 Å². The Morgan fingerprint density at radius 3 is 2.44 bits per heavy atom. The number of amides is 2. The average Bonchev–Trinajstić information content (AvgIpc) is 2.86. The number of benzene rings is 3. The van der Waals surface area contributed by atoms with E-state index < -0.39 is 0 Å². The quantitative estimate of drug-likeness (QED) is 0.512. The number of piperidine rings is 1. The standard InChI is InChI=1S/C29H33N3O2/c1-22-13-15-24(16-14-22)20-32-19-7-10-25(21-32)28(33)31-27-12-6-5-11-26(27)29(34)30-18-17-23-8-3-2-4-9-23/h2-6,8-9,11-16,25H,7,10,17-21H2,1H3,(H,30,34)(H,31,33). The number of hydrogen-bond acceptors (Lipinski definition) is 3. The lowest BCUT2D eigenvalue weighted by Gasteiger charge is -2.32. The van der Waals surface area contributed by atoms with Gasteiger partial charge in [-0.25, -0.2) is 0 Å². The van der Waals surface area contributed by atoms with Gasteiger partial charge in [0, 0.05) is 19.6 Å². The summed E-state index contributed by atoms with van der Waals surface area (Å²) in [6.07, 6.45) is 2.62. The van der Waals surface area contributed by atoms with Crippen LogP contribution in [0.5, 0.6) is 0 Å². The molecule has 1 aliphatic heterocycles. The Kier molecular flexibility index (Phi) is 8.10. The number of aryl methyl sites for hydroxylation is 1. The number of anilines is 1. The fraction of sp³-hybridized carbons (Fsp3) is 0.310. The summed E-state index contributed by atoms with van der Waals surface area (Å²) >= 11 is 0. The molecule has 1 heterocycles. The van der Waals surface area contributed by atoms with Crippen LogP contribution in [0.25, 0.3) is 0 Å². The Bertz CT molecular complexity index is 1100. The van der Waals surface area contributed by atoms with E-state index in [9.17, 15) is 9.59 Å². The Morgan fingerprint density at radius 1 is 0.912 bits per heavy atom. The third-order valence-corrected chi connectivity index (χ3v) is 6.37. The lowest BCUT2D eigenvalue weighted by atomic mass is 9.96. The maximum atomic E-state index is 13.1. The summed E-state index contributed by atoms with van der Waals surface area (Å²) in [5.74, 6) is -0.275. The van der Waals surface area contributed by atoms with E-state index >= 15 is 0 Å². The summed E-state index contributed by atoms with van der Waals surface area (Å²) in [5.41, 5.74) is 4.76. The number of carbonyl (C=O) groups is 2. The van der Waals surface area contributed by atoms with Crippen LogP contribution in [0.15, 0.2) is 78.9 Å². The molecule has 0 aliphatic carbocycles. The van der Waals surface area contributed by atoms with Gasteiger partial charge in [-0.2, -0.15) is 0 Å². The van der Waals surface area contributed by atoms with Gasteiger partial charge in [-0.05, 0) is 56.0 Å². The van der Waals surface area contributed by atoms with Crippen LogP contribution in [0, 0.1) is 12.8 Å². The monoisotopic (exact) mass is 455 g/mol. The smallest absolute Gasteiger partial charge is 0.253 e. The van der Waals surface area contributed by atoms with Gasteiger partial charge in [-0.1, -0.05) is 72.3 Å². The van der Waals surface area contributed by atoms with Crippen molar-refractivity contribution in [2.75, 3.05) is 25.0 Å². The molecule has 3 aromatic carbocycles. The predicted octanol–water partition coefficient (Wildman–Crippen LogP) is 4.82. The second kappa shape index (κ2) is 11.6. The fourth-order valence-corrected chi connectivity index (χ4v) is 4.45. The van der Waals surface area contributed by atoms with Crippen molar-refractivity contribution in [3.63, 3.8) is 0 Å². The first-order chi connectivity index (χ1) is 16.6. The molecule has 4 rings (SSSR count). The van der Waals surface area contributed by atoms with E-state index in [1.54, 1.807) is 12.1 Å². The van der Waals surface area contributed by atoms with Crippen LogP contribution in [0.3, 0.4) is 0 Å². The molecule has 1 unspecified atom stereocenters. The number of carbonyl (C=O) groups excluding carboxylic acids is 2. The van der Waals surface area contributed by atoms with Gasteiger partial charge in [0.25, 0.3) is 5.91 Å². The van der Waals surface area contributed by atoms with E-state index in [1.165, 1.54) is 16.7 Å². The van der Waals surface area contributed by atoms with Crippen molar-refractivity contribution in [2.45, 2.75) is 32.7 Å². The molecule has 1 fully saturated rings. The summed E-state index contributed by atoms with van der Waals surface area (Å²) in [7, 11) is 0. The second-order valence-corrected chi connectivity index (χ2v) is 9.09. The molecule has 3 aromatic rings. The molecule has 2 amide bonds. The van der Waals surface area contributed by atoms with Gasteiger partial charge < -0.3 is 10.6 Å². The fourth-order valence-electron chi connectivity index (χ4n) is 4.45. The van der Waals surface area contributed by atoms with Crippen molar-refractivity contribution >= 4 is 17.5 Å². The van der Waals surface area contributed by atoms with Crippen LogP contribution in [-0.2, 0) is 17.8 Å². The van der Waals surface area contributed by atoms with Gasteiger partial charge in [0.15, 0.2) is 0 Å². The molecule has 0 spiro atoms. The van der Waals surface area contributed by atoms with Gasteiger partial charge >= 0.3 is 0 Å². The maximum Gasteiger partial charge on any atom is 0.253 e. The van der Waals surface area contributed by atoms with E-state index in [0.717, 1.165) is 38.9 Å². The number of likely N-dealkylation sites (tertiary alicyclic amines) is 1. The number of rotatable bonds is 8. The Labute approximate surface area is 202 Å². The minimum atomic E-state index is -0.170. The van der Waals surface area contributed by atoms with E-state index in [-0.39, 0.29) is 17.7 Å². The first-order valence-corrected chi connectivity index (χ1v) is 12.1. The zero-order valence-electron chi connectivity index (χ0n) is 19.8. The molecule has 5 nitrogen and oxygen atoms in total. The van der Waals surface area contributed by atoms with E-state index in [4.69, 9.17) is 0 Å². The van der Waals surface area contributed by atoms with Crippen molar-refractivity contribution in [3.8, 4) is 0 Å². The van der Waals surface area contributed by atoms with Gasteiger partial charge in [0.05, 0.1) is 17.2 Å². The Morgan fingerprint density at radius 2 is 1.65 bits per heavy atom. The molecule has 0 radical (unpaired) electrons. The van der Waals surface area contributed by atoms with Crippen molar-refractivity contribution in [3.05, 3.63) is 101 Å². The van der Waals surface area contributed by atoms with Crippen LogP contribution >= 0.6 is 0 Å². The number of para-hydroxylation sites is 1. The summed E-state index contributed by atoms with van der Waals surface area (Å²) in [6, 6.07) is 25.9. The zero-order chi connectivity index (χ0) is 23.8. The molecule has 1 atom stereocenters. The lowest BCUT2D eigenvalue weighted by Crippen LogP contribution is -2.40. The van der Waals surface area contributed by atoms with Crippen LogP contribution in [0.2, 0.25) is 0 Å². The van der Waals surface area contributed by atoms with Crippen molar-refractivity contribution in [1.29, 1.82) is 0 Å². The van der Waals surface area contributed by atoms with Gasteiger partial charge in [0.2, 0.25) is 5.91 Å². The SMILES string of the molecule is Cc1ccc(CN2CCCC(C(=O)Nc3ccccc3C(=O)NCCc3ccccc3)C2)cc1. The molecule has 0 bridgehead atoms. The Hall–Kier alpha value is -3.44. The van der Waals surface area contributed by atoms with E-state index in [1.807, 2.05) is 42.5 Å². The second-order valence-electron chi connectivity index (χ2n) is 9.09. The van der Waals surface area contributed by atoms with Crippen molar-refractivity contribution in [2.24, 2.45) is 5.92 Å². The number of hydrogen-bond donors (Lipinski definition) is 2. The maximum absolute atomic E-state index is 13.1. The lowest BCUT2D eigenvalue weighted by molar-refractivity contribution is -0.121.